The molecule has 0 amide bonds. The van der Waals surface area contributed by atoms with Crippen LogP contribution in [0.2, 0.25) is 0 Å². The lowest BCUT2D eigenvalue weighted by Crippen LogP contribution is -2.27. The van der Waals surface area contributed by atoms with Crippen LogP contribution < -0.4 is 4.74 Å². The molecule has 2 unspecified atom stereocenters. The monoisotopic (exact) mass is 259 g/mol. The second kappa shape index (κ2) is 7.16. The molecule has 1 aromatic rings. The SMILES string of the molecule is CC1CCCCC1OCCOc1ccccc1C#N. The molecule has 0 bridgehead atoms. The summed E-state index contributed by atoms with van der Waals surface area (Å²) < 4.78 is 11.5. The first-order valence-corrected chi connectivity index (χ1v) is 7.05. The molecule has 0 saturated heterocycles. The molecule has 0 aromatic heterocycles. The minimum absolute atomic E-state index is 0.378. The van der Waals surface area contributed by atoms with Gasteiger partial charge in [0.2, 0.25) is 0 Å². The van der Waals surface area contributed by atoms with Crippen molar-refractivity contribution in [1.82, 2.24) is 0 Å². The number of rotatable bonds is 5. The molecule has 1 aromatic carbocycles. The molecular weight excluding hydrogens is 238 g/mol. The number of ether oxygens (including phenoxy) is 2. The quantitative estimate of drug-likeness (QED) is 0.760. The van der Waals surface area contributed by atoms with E-state index in [-0.39, 0.29) is 0 Å². The van der Waals surface area contributed by atoms with Crippen LogP contribution >= 0.6 is 0 Å². The maximum atomic E-state index is 8.95. The van der Waals surface area contributed by atoms with Gasteiger partial charge < -0.3 is 9.47 Å². The Bertz CT molecular complexity index is 439. The third kappa shape index (κ3) is 3.97. The lowest BCUT2D eigenvalue weighted by Gasteiger charge is -2.28. The topological polar surface area (TPSA) is 42.2 Å². The van der Waals surface area contributed by atoms with Crippen molar-refractivity contribution in [3.63, 3.8) is 0 Å². The van der Waals surface area contributed by atoms with E-state index in [0.29, 0.717) is 36.5 Å². The fraction of sp³-hybridized carbons (Fsp3) is 0.562. The third-order valence-corrected chi connectivity index (χ3v) is 3.71. The zero-order valence-corrected chi connectivity index (χ0v) is 11.5. The highest BCUT2D eigenvalue weighted by atomic mass is 16.5. The largest absolute Gasteiger partial charge is 0.490 e. The van der Waals surface area contributed by atoms with Gasteiger partial charge in [0.15, 0.2) is 0 Å². The number of nitriles is 1. The second-order valence-corrected chi connectivity index (χ2v) is 5.13. The van der Waals surface area contributed by atoms with E-state index in [9.17, 15) is 0 Å². The van der Waals surface area contributed by atoms with Gasteiger partial charge in [-0.2, -0.15) is 5.26 Å². The standard InChI is InChI=1S/C16H21NO2/c1-13-6-2-4-8-15(13)18-10-11-19-16-9-5-3-7-14(16)12-17/h3,5,7,9,13,15H,2,4,6,8,10-11H2,1H3. The lowest BCUT2D eigenvalue weighted by atomic mass is 9.88. The number of hydrogen-bond donors (Lipinski definition) is 0. The van der Waals surface area contributed by atoms with Crippen LogP contribution in [0.15, 0.2) is 24.3 Å². The minimum Gasteiger partial charge on any atom is -0.490 e. The summed E-state index contributed by atoms with van der Waals surface area (Å²) in [7, 11) is 0. The van der Waals surface area contributed by atoms with Crippen LogP contribution in [-0.4, -0.2) is 19.3 Å². The Hall–Kier alpha value is -1.53. The van der Waals surface area contributed by atoms with Crippen molar-refractivity contribution in [3.05, 3.63) is 29.8 Å². The van der Waals surface area contributed by atoms with Crippen molar-refractivity contribution in [2.24, 2.45) is 5.92 Å². The van der Waals surface area contributed by atoms with E-state index in [0.717, 1.165) is 6.42 Å². The summed E-state index contributed by atoms with van der Waals surface area (Å²) in [4.78, 5) is 0. The smallest absolute Gasteiger partial charge is 0.137 e. The third-order valence-electron chi connectivity index (χ3n) is 3.71. The highest BCUT2D eigenvalue weighted by Gasteiger charge is 2.21. The molecule has 1 aliphatic rings. The predicted molar refractivity (Wildman–Crippen MR) is 74.0 cm³/mol. The van der Waals surface area contributed by atoms with Gasteiger partial charge >= 0.3 is 0 Å². The average Bonchev–Trinajstić information content (AvgIpc) is 2.45. The Morgan fingerprint density at radius 2 is 2.00 bits per heavy atom. The first kappa shape index (κ1) is 13.9. The van der Waals surface area contributed by atoms with Crippen LogP contribution in [-0.2, 0) is 4.74 Å². The highest BCUT2D eigenvalue weighted by molar-refractivity contribution is 5.42. The molecular formula is C16H21NO2. The summed E-state index contributed by atoms with van der Waals surface area (Å²) in [6.07, 6.45) is 5.41. The number of hydrogen-bond acceptors (Lipinski definition) is 3. The predicted octanol–water partition coefficient (Wildman–Crippen LogP) is 3.53. The Morgan fingerprint density at radius 3 is 2.79 bits per heavy atom. The molecule has 3 heteroatoms. The molecule has 0 radical (unpaired) electrons. The molecule has 19 heavy (non-hydrogen) atoms. The first-order valence-electron chi connectivity index (χ1n) is 7.05. The molecule has 102 valence electrons. The van der Waals surface area contributed by atoms with E-state index >= 15 is 0 Å². The average molecular weight is 259 g/mol. The van der Waals surface area contributed by atoms with Crippen molar-refractivity contribution in [2.75, 3.05) is 13.2 Å². The highest BCUT2D eigenvalue weighted by Crippen LogP contribution is 2.26. The van der Waals surface area contributed by atoms with Crippen molar-refractivity contribution in [2.45, 2.75) is 38.7 Å². The van der Waals surface area contributed by atoms with Crippen LogP contribution in [0.3, 0.4) is 0 Å². The molecule has 0 spiro atoms. The molecule has 3 nitrogen and oxygen atoms in total. The van der Waals surface area contributed by atoms with Gasteiger partial charge in [-0.1, -0.05) is 31.9 Å². The van der Waals surface area contributed by atoms with E-state index < -0.39 is 0 Å². The summed E-state index contributed by atoms with van der Waals surface area (Å²) >= 11 is 0. The molecule has 2 rings (SSSR count). The summed E-state index contributed by atoms with van der Waals surface area (Å²) in [5.41, 5.74) is 0.577. The van der Waals surface area contributed by atoms with Gasteiger partial charge in [0, 0.05) is 0 Å². The molecule has 2 atom stereocenters. The van der Waals surface area contributed by atoms with E-state index in [4.69, 9.17) is 14.7 Å². The molecule has 0 aliphatic heterocycles. The molecule has 0 N–H and O–H groups in total. The summed E-state index contributed by atoms with van der Waals surface area (Å²) in [6, 6.07) is 9.43. The Morgan fingerprint density at radius 1 is 1.21 bits per heavy atom. The lowest BCUT2D eigenvalue weighted by molar-refractivity contribution is -0.0166. The maximum Gasteiger partial charge on any atom is 0.137 e. The molecule has 1 saturated carbocycles. The van der Waals surface area contributed by atoms with Gasteiger partial charge in [-0.25, -0.2) is 0 Å². The van der Waals surface area contributed by atoms with Crippen LogP contribution in [0, 0.1) is 17.2 Å². The maximum absolute atomic E-state index is 8.95. The van der Waals surface area contributed by atoms with Crippen LogP contribution in [0.25, 0.3) is 0 Å². The van der Waals surface area contributed by atoms with E-state index in [1.807, 2.05) is 18.2 Å². The van der Waals surface area contributed by atoms with Gasteiger partial charge in [-0.3, -0.25) is 0 Å². The summed E-state index contributed by atoms with van der Waals surface area (Å²) in [6.45, 7) is 3.35. The van der Waals surface area contributed by atoms with Gasteiger partial charge in [0.05, 0.1) is 18.3 Å². The Kier molecular flexibility index (Phi) is 5.23. The van der Waals surface area contributed by atoms with Crippen molar-refractivity contribution < 1.29 is 9.47 Å². The summed E-state index contributed by atoms with van der Waals surface area (Å²) in [5, 5.41) is 8.95. The number of benzene rings is 1. The molecule has 1 aliphatic carbocycles. The van der Waals surface area contributed by atoms with Gasteiger partial charge in [0.25, 0.3) is 0 Å². The van der Waals surface area contributed by atoms with Crippen molar-refractivity contribution >= 4 is 0 Å². The van der Waals surface area contributed by atoms with E-state index in [1.165, 1.54) is 19.3 Å². The van der Waals surface area contributed by atoms with Crippen molar-refractivity contribution in [1.29, 1.82) is 5.26 Å². The summed E-state index contributed by atoms with van der Waals surface area (Å²) in [5.74, 6) is 1.30. The minimum atomic E-state index is 0.378. The second-order valence-electron chi connectivity index (χ2n) is 5.13. The van der Waals surface area contributed by atoms with Gasteiger partial charge in [-0.15, -0.1) is 0 Å². The van der Waals surface area contributed by atoms with Crippen LogP contribution in [0.1, 0.15) is 38.2 Å². The fourth-order valence-corrected chi connectivity index (χ4v) is 2.57. The Labute approximate surface area is 115 Å². The normalized spacial score (nSPS) is 22.7. The zero-order chi connectivity index (χ0) is 13.5. The number of nitrogens with zero attached hydrogens (tertiary/aromatic N) is 1. The van der Waals surface area contributed by atoms with E-state index in [1.54, 1.807) is 6.07 Å². The first-order chi connectivity index (χ1) is 9.31. The van der Waals surface area contributed by atoms with Crippen molar-refractivity contribution in [3.8, 4) is 11.8 Å². The van der Waals surface area contributed by atoms with Gasteiger partial charge in [0.1, 0.15) is 18.4 Å². The van der Waals surface area contributed by atoms with E-state index in [2.05, 4.69) is 13.0 Å². The van der Waals surface area contributed by atoms with Crippen LogP contribution in [0.5, 0.6) is 5.75 Å². The van der Waals surface area contributed by atoms with Crippen LogP contribution in [0.4, 0.5) is 0 Å². The molecule has 1 fully saturated rings. The fourth-order valence-electron chi connectivity index (χ4n) is 2.57. The molecule has 0 heterocycles. The zero-order valence-electron chi connectivity index (χ0n) is 11.5. The number of para-hydroxylation sites is 1. The van der Waals surface area contributed by atoms with Gasteiger partial charge in [-0.05, 0) is 30.9 Å². The Balaban J connectivity index is 1.73.